The highest BCUT2D eigenvalue weighted by Gasteiger charge is 2.31. The maximum absolute atomic E-state index is 11.9. The Balaban J connectivity index is 0.000000315. The van der Waals surface area contributed by atoms with Gasteiger partial charge in [-0.05, 0) is 70.5 Å². The molecular formula is C25H38N2O5. The minimum absolute atomic E-state index is 0.0481. The van der Waals surface area contributed by atoms with E-state index in [-0.39, 0.29) is 23.5 Å². The molecule has 0 saturated carbocycles. The van der Waals surface area contributed by atoms with E-state index in [0.717, 1.165) is 29.3 Å². The lowest BCUT2D eigenvalue weighted by molar-refractivity contribution is -0.149. The van der Waals surface area contributed by atoms with Crippen LogP contribution in [-0.2, 0) is 14.3 Å². The second kappa shape index (κ2) is 12.9. The van der Waals surface area contributed by atoms with Gasteiger partial charge < -0.3 is 19.4 Å². The highest BCUT2D eigenvalue weighted by atomic mass is 16.6. The number of carbonyl (C=O) groups is 2. The van der Waals surface area contributed by atoms with E-state index in [1.165, 1.54) is 6.07 Å². The quantitative estimate of drug-likeness (QED) is 0.652. The fourth-order valence-electron chi connectivity index (χ4n) is 3.19. The first kappa shape index (κ1) is 27.2. The lowest BCUT2D eigenvalue weighted by atomic mass is 9.98. The molecule has 1 aliphatic heterocycles. The third-order valence-corrected chi connectivity index (χ3v) is 4.57. The van der Waals surface area contributed by atoms with Gasteiger partial charge in [0, 0.05) is 24.7 Å². The van der Waals surface area contributed by atoms with Crippen molar-refractivity contribution < 1.29 is 19.1 Å². The number of nitrogens with zero attached hydrogens (tertiary/aromatic N) is 1. The molecule has 32 heavy (non-hydrogen) atoms. The van der Waals surface area contributed by atoms with E-state index in [0.29, 0.717) is 19.7 Å². The summed E-state index contributed by atoms with van der Waals surface area (Å²) >= 11 is 0. The molecule has 0 aliphatic carbocycles. The molecule has 0 spiro atoms. The summed E-state index contributed by atoms with van der Waals surface area (Å²) in [5, 5.41) is 1.07. The Hall–Kier alpha value is -2.83. The number of pyridine rings is 1. The maximum Gasteiger partial charge on any atom is 0.410 e. The Morgan fingerprint density at radius 1 is 1.16 bits per heavy atom. The van der Waals surface area contributed by atoms with Gasteiger partial charge in [0.2, 0.25) is 5.56 Å². The summed E-state index contributed by atoms with van der Waals surface area (Å²) in [4.78, 5) is 38.8. The number of likely N-dealkylation sites (tertiary alicyclic amines) is 1. The van der Waals surface area contributed by atoms with Crippen LogP contribution in [-0.4, -0.2) is 47.2 Å². The highest BCUT2D eigenvalue weighted by Crippen LogP contribution is 2.20. The van der Waals surface area contributed by atoms with Crippen LogP contribution in [0.3, 0.4) is 0 Å². The van der Waals surface area contributed by atoms with Crippen molar-refractivity contribution in [1.29, 1.82) is 0 Å². The number of piperidine rings is 1. The van der Waals surface area contributed by atoms with Gasteiger partial charge in [-0.2, -0.15) is 0 Å². The van der Waals surface area contributed by atoms with Crippen LogP contribution in [0.4, 0.5) is 4.79 Å². The smallest absolute Gasteiger partial charge is 0.410 e. The SMILES string of the molecule is CC.CCOC(=O)C1CCCN(C(=O)OC(C)(C)C)C1.Cc1ccc2ccc(=O)[nH]c2c1. The summed E-state index contributed by atoms with van der Waals surface area (Å²) < 4.78 is 10.3. The number of carbonyl (C=O) groups excluding carboxylic acids is 2. The van der Waals surface area contributed by atoms with Gasteiger partial charge in [0.1, 0.15) is 5.60 Å². The average Bonchev–Trinajstić information content (AvgIpc) is 2.74. The molecule has 7 nitrogen and oxygen atoms in total. The normalized spacial score (nSPS) is 15.6. The number of aryl methyl sites for hydroxylation is 1. The van der Waals surface area contributed by atoms with Gasteiger partial charge in [-0.1, -0.05) is 26.0 Å². The first-order valence-corrected chi connectivity index (χ1v) is 11.3. The third kappa shape index (κ3) is 9.12. The molecule has 2 heterocycles. The molecule has 178 valence electrons. The predicted molar refractivity (Wildman–Crippen MR) is 128 cm³/mol. The van der Waals surface area contributed by atoms with Gasteiger partial charge in [0.25, 0.3) is 0 Å². The van der Waals surface area contributed by atoms with E-state index in [1.54, 1.807) is 11.8 Å². The number of aromatic amines is 1. The maximum atomic E-state index is 11.9. The number of aromatic nitrogens is 1. The topological polar surface area (TPSA) is 88.7 Å². The Kier molecular flexibility index (Phi) is 11.0. The summed E-state index contributed by atoms with van der Waals surface area (Å²) in [6.45, 7) is 14.7. The number of hydrogen-bond donors (Lipinski definition) is 1. The van der Waals surface area contributed by atoms with Crippen LogP contribution in [0.2, 0.25) is 0 Å². The zero-order valence-electron chi connectivity index (χ0n) is 20.5. The van der Waals surface area contributed by atoms with E-state index in [1.807, 2.05) is 65.8 Å². The number of rotatable bonds is 2. The minimum atomic E-state index is -0.506. The van der Waals surface area contributed by atoms with E-state index < -0.39 is 5.60 Å². The summed E-state index contributed by atoms with van der Waals surface area (Å²) in [6.07, 6.45) is 1.23. The summed E-state index contributed by atoms with van der Waals surface area (Å²) in [6, 6.07) is 9.36. The molecule has 2 aromatic rings. The van der Waals surface area contributed by atoms with Crippen molar-refractivity contribution in [3.63, 3.8) is 0 Å². The van der Waals surface area contributed by atoms with Gasteiger partial charge in [-0.3, -0.25) is 9.59 Å². The van der Waals surface area contributed by atoms with Crippen LogP contribution in [0.5, 0.6) is 0 Å². The summed E-state index contributed by atoms with van der Waals surface area (Å²) in [7, 11) is 0. The van der Waals surface area contributed by atoms with Gasteiger partial charge in [-0.15, -0.1) is 0 Å². The molecule has 1 N–H and O–H groups in total. The van der Waals surface area contributed by atoms with Crippen LogP contribution in [0, 0.1) is 12.8 Å². The molecule has 0 bridgehead atoms. The Morgan fingerprint density at radius 2 is 1.81 bits per heavy atom. The average molecular weight is 447 g/mol. The van der Waals surface area contributed by atoms with Crippen molar-refractivity contribution in [2.75, 3.05) is 19.7 Å². The van der Waals surface area contributed by atoms with Crippen molar-refractivity contribution in [3.8, 4) is 0 Å². The van der Waals surface area contributed by atoms with Gasteiger partial charge in [0.15, 0.2) is 0 Å². The van der Waals surface area contributed by atoms with Crippen molar-refractivity contribution >= 4 is 23.0 Å². The first-order valence-electron chi connectivity index (χ1n) is 11.3. The number of esters is 1. The lowest BCUT2D eigenvalue weighted by Crippen LogP contribution is -2.45. The fourth-order valence-corrected chi connectivity index (χ4v) is 3.19. The van der Waals surface area contributed by atoms with E-state index >= 15 is 0 Å². The zero-order chi connectivity index (χ0) is 24.3. The minimum Gasteiger partial charge on any atom is -0.466 e. The Morgan fingerprint density at radius 3 is 2.44 bits per heavy atom. The van der Waals surface area contributed by atoms with Crippen LogP contribution in [0.1, 0.15) is 59.9 Å². The molecule has 1 saturated heterocycles. The second-order valence-electron chi connectivity index (χ2n) is 8.43. The highest BCUT2D eigenvalue weighted by molar-refractivity contribution is 5.78. The van der Waals surface area contributed by atoms with Crippen LogP contribution in [0.15, 0.2) is 35.1 Å². The zero-order valence-corrected chi connectivity index (χ0v) is 20.5. The molecule has 0 radical (unpaired) electrons. The Labute approximate surface area is 191 Å². The van der Waals surface area contributed by atoms with E-state index in [4.69, 9.17) is 9.47 Å². The molecule has 7 heteroatoms. The van der Waals surface area contributed by atoms with Crippen molar-refractivity contribution in [2.45, 2.75) is 66.9 Å². The molecule has 3 rings (SSSR count). The number of nitrogens with one attached hydrogen (secondary N) is 1. The number of benzene rings is 1. The predicted octanol–water partition coefficient (Wildman–Crippen LogP) is 5.06. The van der Waals surface area contributed by atoms with E-state index in [9.17, 15) is 14.4 Å². The molecule has 1 aliphatic rings. The Bertz CT molecular complexity index is 930. The number of amides is 1. The molecule has 1 atom stereocenters. The molecule has 1 amide bonds. The van der Waals surface area contributed by atoms with Crippen LogP contribution in [0.25, 0.3) is 10.9 Å². The number of hydrogen-bond acceptors (Lipinski definition) is 5. The largest absolute Gasteiger partial charge is 0.466 e. The van der Waals surface area contributed by atoms with Crippen molar-refractivity contribution in [3.05, 3.63) is 46.2 Å². The molecule has 1 aromatic carbocycles. The first-order chi connectivity index (χ1) is 15.1. The van der Waals surface area contributed by atoms with Gasteiger partial charge in [-0.25, -0.2) is 4.79 Å². The van der Waals surface area contributed by atoms with Gasteiger partial charge in [0.05, 0.1) is 12.5 Å². The number of fused-ring (bicyclic) bond motifs is 1. The molecular weight excluding hydrogens is 408 g/mol. The number of ether oxygens (including phenoxy) is 2. The summed E-state index contributed by atoms with van der Waals surface area (Å²) in [5.74, 6) is -0.433. The van der Waals surface area contributed by atoms with Gasteiger partial charge >= 0.3 is 12.1 Å². The van der Waals surface area contributed by atoms with Crippen LogP contribution >= 0.6 is 0 Å². The molecule has 1 aromatic heterocycles. The van der Waals surface area contributed by atoms with Crippen molar-refractivity contribution in [2.24, 2.45) is 5.92 Å². The van der Waals surface area contributed by atoms with E-state index in [2.05, 4.69) is 4.98 Å². The third-order valence-electron chi connectivity index (χ3n) is 4.57. The molecule has 1 fully saturated rings. The number of H-pyrrole nitrogens is 1. The fraction of sp³-hybridized carbons (Fsp3) is 0.560. The van der Waals surface area contributed by atoms with Crippen molar-refractivity contribution in [1.82, 2.24) is 9.88 Å². The standard InChI is InChI=1S/C13H23NO4.C10H9NO.C2H6/c1-5-17-11(15)10-7-6-8-14(9-10)12(16)18-13(2,3)4;1-7-2-3-8-4-5-10(12)11-9(8)6-7;1-2/h10H,5-9H2,1-4H3;2-6H,1H3,(H,11,12);1-2H3. The van der Waals surface area contributed by atoms with Crippen LogP contribution < -0.4 is 5.56 Å². The second-order valence-corrected chi connectivity index (χ2v) is 8.43. The monoisotopic (exact) mass is 446 g/mol. The summed E-state index contributed by atoms with van der Waals surface area (Å²) in [5.41, 5.74) is 1.51. The lowest BCUT2D eigenvalue weighted by Gasteiger charge is -2.33. The molecule has 1 unspecified atom stereocenters.